The fourth-order valence-electron chi connectivity index (χ4n) is 3.92. The number of allylic oxidation sites excluding steroid dienone is 1. The fourth-order valence-corrected chi connectivity index (χ4v) is 3.92. The molecule has 2 aromatic rings. The molecule has 8 heteroatoms. The van der Waals surface area contributed by atoms with Crippen LogP contribution in [0.4, 0.5) is 4.39 Å². The lowest BCUT2D eigenvalue weighted by Gasteiger charge is -2.36. The molecule has 0 saturated heterocycles. The molecule has 1 aliphatic heterocycles. The molecule has 4 rings (SSSR count). The van der Waals surface area contributed by atoms with Crippen LogP contribution in [0.5, 0.6) is 5.75 Å². The van der Waals surface area contributed by atoms with E-state index < -0.39 is 35.9 Å². The average molecular weight is 454 g/mol. The van der Waals surface area contributed by atoms with E-state index in [1.807, 2.05) is 0 Å². The van der Waals surface area contributed by atoms with Crippen molar-refractivity contribution in [3.63, 3.8) is 0 Å². The Morgan fingerprint density at radius 1 is 1.00 bits per heavy atom. The van der Waals surface area contributed by atoms with Crippen molar-refractivity contribution in [3.8, 4) is 5.75 Å². The molecule has 0 amide bonds. The minimum absolute atomic E-state index is 0.0851. The Balaban J connectivity index is 1.35. The number of esters is 2. The van der Waals surface area contributed by atoms with E-state index in [0.29, 0.717) is 30.6 Å². The summed E-state index contributed by atoms with van der Waals surface area (Å²) >= 11 is 0. The van der Waals surface area contributed by atoms with Crippen LogP contribution in [-0.2, 0) is 19.0 Å². The molecule has 1 saturated carbocycles. The lowest BCUT2D eigenvalue weighted by Crippen LogP contribution is -2.43. The van der Waals surface area contributed by atoms with Gasteiger partial charge in [-0.1, -0.05) is 0 Å². The Hall–Kier alpha value is -3.68. The fraction of sp³-hybridized carbons (Fsp3) is 0.320. The zero-order valence-electron chi connectivity index (χ0n) is 18.0. The van der Waals surface area contributed by atoms with Gasteiger partial charge in [-0.2, -0.15) is 0 Å². The molecule has 33 heavy (non-hydrogen) atoms. The van der Waals surface area contributed by atoms with Gasteiger partial charge in [-0.25, -0.2) is 14.0 Å². The quantitative estimate of drug-likeness (QED) is 0.604. The molecule has 1 fully saturated rings. The predicted molar refractivity (Wildman–Crippen MR) is 114 cm³/mol. The van der Waals surface area contributed by atoms with Gasteiger partial charge in [0.05, 0.1) is 23.7 Å². The van der Waals surface area contributed by atoms with Crippen LogP contribution in [0.25, 0.3) is 0 Å². The van der Waals surface area contributed by atoms with Crippen molar-refractivity contribution in [1.82, 2.24) is 0 Å². The Kier molecular flexibility index (Phi) is 6.72. The Morgan fingerprint density at radius 2 is 1.67 bits per heavy atom. The van der Waals surface area contributed by atoms with Gasteiger partial charge in [0.15, 0.2) is 0 Å². The third-order valence-corrected chi connectivity index (χ3v) is 5.62. The second-order valence-corrected chi connectivity index (χ2v) is 7.82. The van der Waals surface area contributed by atoms with Crippen LogP contribution in [0.3, 0.4) is 0 Å². The first kappa shape index (κ1) is 22.5. The molecule has 0 bridgehead atoms. The first-order valence-corrected chi connectivity index (χ1v) is 10.8. The average Bonchev–Trinajstić information content (AvgIpc) is 2.82. The largest absolute Gasteiger partial charge is 0.493 e. The van der Waals surface area contributed by atoms with Crippen LogP contribution in [0.2, 0.25) is 0 Å². The monoisotopic (exact) mass is 454 g/mol. The summed E-state index contributed by atoms with van der Waals surface area (Å²) in [5, 5.41) is 0. The summed E-state index contributed by atoms with van der Waals surface area (Å²) in [7, 11) is 0. The smallest absolute Gasteiger partial charge is 0.338 e. The van der Waals surface area contributed by atoms with Crippen molar-refractivity contribution >= 4 is 17.7 Å². The first-order chi connectivity index (χ1) is 15.9. The molecule has 172 valence electrons. The maximum atomic E-state index is 13.0. The Labute approximate surface area is 190 Å². The van der Waals surface area contributed by atoms with E-state index in [1.54, 1.807) is 31.2 Å². The van der Waals surface area contributed by atoms with E-state index in [0.717, 1.165) is 0 Å². The van der Waals surface area contributed by atoms with Gasteiger partial charge >= 0.3 is 11.9 Å². The molecule has 3 unspecified atom stereocenters. The second-order valence-electron chi connectivity index (χ2n) is 7.82. The number of Topliss-reactive ketones (excluding diaryl/α,β-unsaturated/α-hetero) is 1. The molecular formula is C25H23FO7. The van der Waals surface area contributed by atoms with E-state index >= 15 is 0 Å². The molecule has 2 aromatic carbocycles. The molecule has 3 atom stereocenters. The van der Waals surface area contributed by atoms with E-state index in [1.165, 1.54) is 30.5 Å². The number of rotatable bonds is 6. The summed E-state index contributed by atoms with van der Waals surface area (Å²) in [6, 6.07) is 11.4. The number of benzene rings is 2. The van der Waals surface area contributed by atoms with Gasteiger partial charge in [0.25, 0.3) is 0 Å². The zero-order valence-corrected chi connectivity index (χ0v) is 18.0. The number of ketones is 1. The summed E-state index contributed by atoms with van der Waals surface area (Å²) in [5.74, 6) is -1.49. The highest BCUT2D eigenvalue weighted by atomic mass is 19.1. The molecule has 0 N–H and O–H groups in total. The number of fused-ring (bicyclic) bond motifs is 1. The van der Waals surface area contributed by atoms with Gasteiger partial charge in [0.2, 0.25) is 11.5 Å². The van der Waals surface area contributed by atoms with Crippen LogP contribution in [0.1, 0.15) is 46.9 Å². The van der Waals surface area contributed by atoms with Gasteiger partial charge < -0.3 is 18.9 Å². The highest BCUT2D eigenvalue weighted by Gasteiger charge is 2.42. The summed E-state index contributed by atoms with van der Waals surface area (Å²) in [6.45, 7) is 2.01. The maximum absolute atomic E-state index is 13.0. The number of carbonyl (C=O) groups is 3. The van der Waals surface area contributed by atoms with Crippen molar-refractivity contribution in [3.05, 3.63) is 77.5 Å². The number of hydrogen-bond donors (Lipinski definition) is 0. The normalized spacial score (nSPS) is 21.8. The third kappa shape index (κ3) is 5.22. The van der Waals surface area contributed by atoms with Gasteiger partial charge in [-0.05, 0) is 68.3 Å². The number of ether oxygens (including phenoxy) is 4. The van der Waals surface area contributed by atoms with Crippen LogP contribution in [-0.4, -0.2) is 36.5 Å². The van der Waals surface area contributed by atoms with Crippen molar-refractivity contribution in [1.29, 1.82) is 0 Å². The second kappa shape index (κ2) is 9.85. The first-order valence-electron chi connectivity index (χ1n) is 10.8. The molecular weight excluding hydrogens is 431 g/mol. The molecule has 1 heterocycles. The lowest BCUT2D eigenvalue weighted by molar-refractivity contribution is -0.132. The summed E-state index contributed by atoms with van der Waals surface area (Å²) in [6.07, 6.45) is 1.82. The third-order valence-electron chi connectivity index (χ3n) is 5.62. The highest BCUT2D eigenvalue weighted by Crippen LogP contribution is 2.35. The standard InChI is InChI=1S/C25H23FO7/c1-2-30-24(28)15-5-9-18(10-6-15)32-22-14-31-21-13-19(11-12-20(21)23(22)27)33-25(29)16-3-7-17(26)8-4-16/h3-10,14,19-21H,2,11-13H2,1H3. The van der Waals surface area contributed by atoms with E-state index in [-0.39, 0.29) is 23.7 Å². The van der Waals surface area contributed by atoms with Crippen molar-refractivity contribution in [2.45, 2.75) is 38.4 Å². The minimum Gasteiger partial charge on any atom is -0.493 e. The molecule has 0 spiro atoms. The van der Waals surface area contributed by atoms with Crippen LogP contribution in [0.15, 0.2) is 60.6 Å². The van der Waals surface area contributed by atoms with Crippen LogP contribution in [0, 0.1) is 11.7 Å². The maximum Gasteiger partial charge on any atom is 0.338 e. The SMILES string of the molecule is CCOC(=O)c1ccc(OC2=COC3CC(OC(=O)c4ccc(F)cc4)CCC3C2=O)cc1. The number of carbonyl (C=O) groups excluding carboxylic acids is 3. The van der Waals surface area contributed by atoms with E-state index in [9.17, 15) is 18.8 Å². The van der Waals surface area contributed by atoms with E-state index in [4.69, 9.17) is 18.9 Å². The molecule has 0 radical (unpaired) electrons. The summed E-state index contributed by atoms with van der Waals surface area (Å²) in [4.78, 5) is 37.0. The van der Waals surface area contributed by atoms with Crippen molar-refractivity contribution < 1.29 is 37.7 Å². The van der Waals surface area contributed by atoms with E-state index in [2.05, 4.69) is 0 Å². The van der Waals surface area contributed by atoms with Crippen molar-refractivity contribution in [2.24, 2.45) is 5.92 Å². The zero-order chi connectivity index (χ0) is 23.4. The summed E-state index contributed by atoms with van der Waals surface area (Å²) in [5.41, 5.74) is 0.654. The van der Waals surface area contributed by atoms with Crippen LogP contribution >= 0.6 is 0 Å². The predicted octanol–water partition coefficient (Wildman–Crippen LogP) is 4.22. The summed E-state index contributed by atoms with van der Waals surface area (Å²) < 4.78 is 34.9. The van der Waals surface area contributed by atoms with Gasteiger partial charge in [-0.3, -0.25) is 4.79 Å². The topological polar surface area (TPSA) is 88.1 Å². The van der Waals surface area contributed by atoms with Gasteiger partial charge in [0.1, 0.15) is 30.0 Å². The highest BCUT2D eigenvalue weighted by molar-refractivity contribution is 5.96. The molecule has 0 aromatic heterocycles. The van der Waals surface area contributed by atoms with Crippen LogP contribution < -0.4 is 4.74 Å². The molecule has 7 nitrogen and oxygen atoms in total. The minimum atomic E-state index is -0.536. The Morgan fingerprint density at radius 3 is 2.36 bits per heavy atom. The molecule has 1 aliphatic carbocycles. The lowest BCUT2D eigenvalue weighted by atomic mass is 9.80. The molecule has 2 aliphatic rings. The number of halogens is 1. The van der Waals surface area contributed by atoms with Gasteiger partial charge in [0, 0.05) is 6.42 Å². The van der Waals surface area contributed by atoms with Gasteiger partial charge in [-0.15, -0.1) is 0 Å². The Bertz CT molecular complexity index is 1060. The number of hydrogen-bond acceptors (Lipinski definition) is 7. The van der Waals surface area contributed by atoms with Crippen molar-refractivity contribution in [2.75, 3.05) is 6.61 Å².